The van der Waals surface area contributed by atoms with Gasteiger partial charge in [0.2, 0.25) is 11.8 Å². The van der Waals surface area contributed by atoms with Crippen molar-refractivity contribution >= 4 is 11.9 Å². The van der Waals surface area contributed by atoms with Gasteiger partial charge >= 0.3 is 0 Å². The van der Waals surface area contributed by atoms with Crippen molar-refractivity contribution in [1.29, 1.82) is 0 Å². The number of fused-ring (bicyclic) bond motifs is 1. The number of ether oxygens (including phenoxy) is 1. The average molecular weight is 313 g/mol. The first-order chi connectivity index (χ1) is 11.0. The minimum Gasteiger partial charge on any atom is -0.477 e. The standard InChI is InChI=1S/C16H19N5O2/c1-10(2)9-23-14-4-3-11(5-18-14)15(22)21-7-12-6-19-16(17)20-13(12)8-21/h3-6,10H,7-9H2,1-2H3,(H2,17,19,20). The predicted octanol–water partition coefficient (Wildman–Crippen LogP) is 1.64. The summed E-state index contributed by atoms with van der Waals surface area (Å²) in [5, 5.41) is 0. The summed E-state index contributed by atoms with van der Waals surface area (Å²) in [6.07, 6.45) is 3.22. The number of nitrogens with two attached hydrogens (primary N) is 1. The quantitative estimate of drug-likeness (QED) is 0.922. The maximum absolute atomic E-state index is 12.5. The highest BCUT2D eigenvalue weighted by Crippen LogP contribution is 2.23. The van der Waals surface area contributed by atoms with Crippen LogP contribution in [0.25, 0.3) is 0 Å². The van der Waals surface area contributed by atoms with E-state index in [0.717, 1.165) is 11.3 Å². The number of nitrogen functional groups attached to an aromatic ring is 1. The Morgan fingerprint density at radius 1 is 1.30 bits per heavy atom. The molecule has 0 spiro atoms. The van der Waals surface area contributed by atoms with E-state index in [1.807, 2.05) is 0 Å². The van der Waals surface area contributed by atoms with E-state index in [1.54, 1.807) is 29.4 Å². The van der Waals surface area contributed by atoms with Crippen LogP contribution in [0.15, 0.2) is 24.5 Å². The number of carbonyl (C=O) groups excluding carboxylic acids is 1. The number of anilines is 1. The average Bonchev–Trinajstić information content (AvgIpc) is 2.95. The molecule has 0 aliphatic carbocycles. The SMILES string of the molecule is CC(C)COc1ccc(C(=O)N2Cc3cnc(N)nc3C2)cn1. The van der Waals surface area contributed by atoms with Crippen LogP contribution in [0.3, 0.4) is 0 Å². The van der Waals surface area contributed by atoms with Crippen molar-refractivity contribution in [2.75, 3.05) is 12.3 Å². The molecule has 2 aromatic heterocycles. The fourth-order valence-corrected chi connectivity index (χ4v) is 2.34. The highest BCUT2D eigenvalue weighted by Gasteiger charge is 2.26. The van der Waals surface area contributed by atoms with Crippen molar-refractivity contribution in [3.63, 3.8) is 0 Å². The van der Waals surface area contributed by atoms with Crippen LogP contribution in [-0.2, 0) is 13.1 Å². The summed E-state index contributed by atoms with van der Waals surface area (Å²) in [5.41, 5.74) is 7.83. The summed E-state index contributed by atoms with van der Waals surface area (Å²) in [6, 6.07) is 3.45. The summed E-state index contributed by atoms with van der Waals surface area (Å²) in [5.74, 6) is 1.09. The van der Waals surface area contributed by atoms with Gasteiger partial charge in [-0.2, -0.15) is 0 Å². The third-order valence-electron chi connectivity index (χ3n) is 3.51. The van der Waals surface area contributed by atoms with Crippen molar-refractivity contribution in [1.82, 2.24) is 19.9 Å². The van der Waals surface area contributed by atoms with Gasteiger partial charge in [-0.1, -0.05) is 13.8 Å². The normalized spacial score (nSPS) is 13.3. The van der Waals surface area contributed by atoms with Gasteiger partial charge in [0.15, 0.2) is 0 Å². The molecule has 120 valence electrons. The molecule has 1 amide bonds. The zero-order valence-corrected chi connectivity index (χ0v) is 13.2. The van der Waals surface area contributed by atoms with Gasteiger partial charge in [-0.25, -0.2) is 15.0 Å². The lowest BCUT2D eigenvalue weighted by atomic mass is 10.2. The highest BCUT2D eigenvalue weighted by atomic mass is 16.5. The zero-order chi connectivity index (χ0) is 16.4. The van der Waals surface area contributed by atoms with Crippen LogP contribution in [0.1, 0.15) is 35.5 Å². The predicted molar refractivity (Wildman–Crippen MR) is 84.6 cm³/mol. The molecule has 0 fully saturated rings. The number of hydrogen-bond acceptors (Lipinski definition) is 6. The second kappa shape index (κ2) is 6.20. The Balaban J connectivity index is 1.67. The molecule has 7 heteroatoms. The molecular weight excluding hydrogens is 294 g/mol. The Labute approximate surface area is 134 Å². The molecule has 0 atom stereocenters. The van der Waals surface area contributed by atoms with Crippen molar-refractivity contribution in [3.8, 4) is 5.88 Å². The molecule has 3 heterocycles. The van der Waals surface area contributed by atoms with Crippen molar-refractivity contribution in [3.05, 3.63) is 41.3 Å². The van der Waals surface area contributed by atoms with Crippen LogP contribution < -0.4 is 10.5 Å². The number of pyridine rings is 1. The Morgan fingerprint density at radius 3 is 2.83 bits per heavy atom. The maximum atomic E-state index is 12.5. The summed E-state index contributed by atoms with van der Waals surface area (Å²) in [7, 11) is 0. The molecule has 0 aromatic carbocycles. The van der Waals surface area contributed by atoms with Gasteiger partial charge in [0.25, 0.3) is 5.91 Å². The molecule has 2 aromatic rings. The molecule has 23 heavy (non-hydrogen) atoms. The Morgan fingerprint density at radius 2 is 2.13 bits per heavy atom. The Bertz CT molecular complexity index is 715. The van der Waals surface area contributed by atoms with E-state index in [4.69, 9.17) is 10.5 Å². The highest BCUT2D eigenvalue weighted by molar-refractivity contribution is 5.94. The molecule has 0 bridgehead atoms. The van der Waals surface area contributed by atoms with Crippen LogP contribution in [0.5, 0.6) is 5.88 Å². The van der Waals surface area contributed by atoms with E-state index < -0.39 is 0 Å². The number of amides is 1. The van der Waals surface area contributed by atoms with Crippen LogP contribution in [0.2, 0.25) is 0 Å². The van der Waals surface area contributed by atoms with E-state index >= 15 is 0 Å². The number of aromatic nitrogens is 3. The summed E-state index contributed by atoms with van der Waals surface area (Å²) in [6.45, 7) is 5.66. The Hall–Kier alpha value is -2.70. The lowest BCUT2D eigenvalue weighted by molar-refractivity contribution is 0.0750. The summed E-state index contributed by atoms with van der Waals surface area (Å²) in [4.78, 5) is 26.6. The minimum atomic E-state index is -0.0931. The van der Waals surface area contributed by atoms with Crippen molar-refractivity contribution in [2.45, 2.75) is 26.9 Å². The number of carbonyl (C=O) groups is 1. The van der Waals surface area contributed by atoms with Gasteiger partial charge in [-0.05, 0) is 12.0 Å². The second-order valence-electron chi connectivity index (χ2n) is 5.95. The van der Waals surface area contributed by atoms with E-state index in [9.17, 15) is 4.79 Å². The summed E-state index contributed by atoms with van der Waals surface area (Å²) < 4.78 is 5.52. The lowest BCUT2D eigenvalue weighted by Crippen LogP contribution is -2.25. The van der Waals surface area contributed by atoms with E-state index in [2.05, 4.69) is 28.8 Å². The van der Waals surface area contributed by atoms with Crippen molar-refractivity contribution < 1.29 is 9.53 Å². The van der Waals surface area contributed by atoms with Gasteiger partial charge in [-0.3, -0.25) is 4.79 Å². The van der Waals surface area contributed by atoms with E-state index in [-0.39, 0.29) is 11.9 Å². The third kappa shape index (κ3) is 3.39. The second-order valence-corrected chi connectivity index (χ2v) is 5.95. The van der Waals surface area contributed by atoms with Gasteiger partial charge in [0.1, 0.15) is 0 Å². The largest absolute Gasteiger partial charge is 0.477 e. The van der Waals surface area contributed by atoms with Crippen LogP contribution in [0.4, 0.5) is 5.95 Å². The first-order valence-corrected chi connectivity index (χ1v) is 7.51. The van der Waals surface area contributed by atoms with E-state index in [0.29, 0.717) is 37.1 Å². The van der Waals surface area contributed by atoms with Gasteiger partial charge < -0.3 is 15.4 Å². The molecule has 3 rings (SSSR count). The number of hydrogen-bond donors (Lipinski definition) is 1. The number of nitrogens with zero attached hydrogens (tertiary/aromatic N) is 4. The van der Waals surface area contributed by atoms with Crippen LogP contribution in [0, 0.1) is 5.92 Å². The minimum absolute atomic E-state index is 0.0931. The monoisotopic (exact) mass is 313 g/mol. The lowest BCUT2D eigenvalue weighted by Gasteiger charge is -2.15. The number of rotatable bonds is 4. The van der Waals surface area contributed by atoms with Gasteiger partial charge in [0.05, 0.1) is 24.4 Å². The Kier molecular flexibility index (Phi) is 4.10. The van der Waals surface area contributed by atoms with Gasteiger partial charge in [-0.15, -0.1) is 0 Å². The topological polar surface area (TPSA) is 94.2 Å². The molecule has 0 unspecified atom stereocenters. The van der Waals surface area contributed by atoms with E-state index in [1.165, 1.54) is 0 Å². The zero-order valence-electron chi connectivity index (χ0n) is 13.2. The molecule has 1 aliphatic heterocycles. The molecular formula is C16H19N5O2. The molecule has 0 saturated heterocycles. The molecule has 0 radical (unpaired) electrons. The van der Waals surface area contributed by atoms with Crippen molar-refractivity contribution in [2.24, 2.45) is 5.92 Å². The third-order valence-corrected chi connectivity index (χ3v) is 3.51. The molecule has 0 saturated carbocycles. The fraction of sp³-hybridized carbons (Fsp3) is 0.375. The van der Waals surface area contributed by atoms with Crippen LogP contribution in [-0.4, -0.2) is 32.4 Å². The summed E-state index contributed by atoms with van der Waals surface area (Å²) >= 11 is 0. The molecule has 7 nitrogen and oxygen atoms in total. The maximum Gasteiger partial charge on any atom is 0.256 e. The molecule has 1 aliphatic rings. The first kappa shape index (κ1) is 15.2. The fourth-order valence-electron chi connectivity index (χ4n) is 2.34. The first-order valence-electron chi connectivity index (χ1n) is 7.51. The molecule has 2 N–H and O–H groups in total. The van der Waals surface area contributed by atoms with Gasteiger partial charge in [0, 0.05) is 30.6 Å². The van der Waals surface area contributed by atoms with Crippen LogP contribution >= 0.6 is 0 Å². The smallest absolute Gasteiger partial charge is 0.256 e.